The quantitative estimate of drug-likeness (QED) is 0.219. The maximum absolute atomic E-state index is 12.1. The second-order valence-corrected chi connectivity index (χ2v) is 13.2. The molecule has 29 heavy (non-hydrogen) atoms. The van der Waals surface area contributed by atoms with E-state index in [4.69, 9.17) is 14.2 Å². The summed E-state index contributed by atoms with van der Waals surface area (Å²) in [6.07, 6.45) is 0. The Hall–Kier alpha value is -0.930. The van der Waals surface area contributed by atoms with Crippen LogP contribution >= 0.6 is 47.8 Å². The van der Waals surface area contributed by atoms with Gasteiger partial charge in [0, 0.05) is 18.2 Å². The monoisotopic (exact) mass is 602 g/mol. The van der Waals surface area contributed by atoms with Gasteiger partial charge in [-0.1, -0.05) is 62.6 Å². The molecule has 0 unspecified atom stereocenters. The maximum Gasteiger partial charge on any atom is 0.327 e. The average Bonchev–Trinajstić information content (AvgIpc) is 2.43. The summed E-state index contributed by atoms with van der Waals surface area (Å²) in [7, 11) is 0. The van der Waals surface area contributed by atoms with E-state index in [9.17, 15) is 14.4 Å². The van der Waals surface area contributed by atoms with Crippen molar-refractivity contribution in [1.29, 1.82) is 0 Å². The summed E-state index contributed by atoms with van der Waals surface area (Å²) in [6.45, 7) is 9.76. The minimum atomic E-state index is -0.924. The summed E-state index contributed by atoms with van der Waals surface area (Å²) in [5, 5.41) is 0. The van der Waals surface area contributed by atoms with Gasteiger partial charge < -0.3 is 14.2 Å². The van der Waals surface area contributed by atoms with Crippen LogP contribution in [-0.2, 0) is 14.4 Å². The lowest BCUT2D eigenvalue weighted by Gasteiger charge is -2.19. The van der Waals surface area contributed by atoms with Gasteiger partial charge in [-0.15, -0.1) is 0 Å². The number of alkyl halides is 3. The summed E-state index contributed by atoms with van der Waals surface area (Å²) in [5.74, 6) is -1.49. The molecule has 0 fully saturated rings. The zero-order valence-electron chi connectivity index (χ0n) is 15.8. The summed E-state index contributed by atoms with van der Waals surface area (Å²) in [5.41, 5.74) is 0. The van der Waals surface area contributed by atoms with Crippen molar-refractivity contribution < 1.29 is 28.6 Å². The molecule has 0 heterocycles. The minimum Gasteiger partial charge on any atom is -0.425 e. The molecule has 0 bridgehead atoms. The Balaban J connectivity index is 0. The third kappa shape index (κ3) is 10.1. The third-order valence-corrected chi connectivity index (χ3v) is 3.91. The molecule has 0 aromatic heterocycles. The van der Waals surface area contributed by atoms with Crippen molar-refractivity contribution in [3.63, 3.8) is 0 Å². The fourth-order valence-corrected chi connectivity index (χ4v) is 1.65. The summed E-state index contributed by atoms with van der Waals surface area (Å²) >= 11 is 9.64. The average molecular weight is 605 g/mol. The number of benzene rings is 1. The van der Waals surface area contributed by atoms with Crippen LogP contribution in [0.15, 0.2) is 18.2 Å². The fraction of sp³-hybridized carbons (Fsp3) is 0.550. The number of carbonyl (C=O) groups excluding carboxylic acids is 3. The number of hydrogen-bond acceptors (Lipinski definition) is 6. The largest absolute Gasteiger partial charge is 0.425 e. The number of rotatable bonds is 6. The van der Waals surface area contributed by atoms with Gasteiger partial charge in [-0.05, 0) is 41.5 Å². The molecule has 1 aromatic rings. The van der Waals surface area contributed by atoms with Gasteiger partial charge in [-0.25, -0.2) is 0 Å². The molecule has 0 saturated carbocycles. The summed E-state index contributed by atoms with van der Waals surface area (Å²) < 4.78 is 13.1. The molecule has 0 N–H and O–H groups in total. The predicted molar refractivity (Wildman–Crippen MR) is 126 cm³/mol. The van der Waals surface area contributed by atoms with Crippen molar-refractivity contribution >= 4 is 65.7 Å². The Labute approximate surface area is 198 Å². The molecule has 166 valence electrons. The molecule has 0 aliphatic carbocycles. The number of halogens is 3. The summed E-state index contributed by atoms with van der Waals surface area (Å²) in [4.78, 5) is 36.4. The zero-order chi connectivity index (χ0) is 21.2. The Kier molecular flexibility index (Phi) is 11.4. The van der Waals surface area contributed by atoms with Crippen LogP contribution < -0.4 is 14.2 Å². The van der Waals surface area contributed by atoms with Gasteiger partial charge in [0.05, 0.1) is 0 Å². The minimum absolute atomic E-state index is 0. The van der Waals surface area contributed by atoms with Crippen LogP contribution in [0.1, 0.15) is 56.4 Å². The molecule has 0 spiro atoms. The van der Waals surface area contributed by atoms with E-state index in [0.717, 1.165) is 0 Å². The van der Waals surface area contributed by atoms with Crippen LogP contribution in [0.2, 0.25) is 0 Å². The Morgan fingerprint density at radius 3 is 0.897 bits per heavy atom. The zero-order valence-corrected chi connectivity index (χ0v) is 20.6. The molecule has 0 saturated heterocycles. The molecular formula is C20H29Br3O6. The molecule has 0 aliphatic rings. The molecule has 6 nitrogen and oxygen atoms in total. The molecule has 9 heteroatoms. The third-order valence-electron chi connectivity index (χ3n) is 2.94. The first-order chi connectivity index (χ1) is 12.0. The van der Waals surface area contributed by atoms with E-state index in [1.54, 1.807) is 41.5 Å². The van der Waals surface area contributed by atoms with Crippen LogP contribution in [0, 0.1) is 0 Å². The maximum atomic E-state index is 12.1. The van der Waals surface area contributed by atoms with Gasteiger partial charge in [0.1, 0.15) is 30.2 Å². The lowest BCUT2D eigenvalue weighted by molar-refractivity contribution is -0.136. The van der Waals surface area contributed by atoms with Gasteiger partial charge in [-0.3, -0.25) is 14.4 Å². The lowest BCUT2D eigenvalue weighted by Crippen LogP contribution is -2.30. The highest BCUT2D eigenvalue weighted by atomic mass is 79.9. The van der Waals surface area contributed by atoms with E-state index < -0.39 is 30.9 Å². The normalized spacial score (nSPS) is 11.5. The van der Waals surface area contributed by atoms with Crippen molar-refractivity contribution in [3.8, 4) is 17.2 Å². The topological polar surface area (TPSA) is 78.9 Å². The molecule has 1 rings (SSSR count). The Morgan fingerprint density at radius 2 is 0.759 bits per heavy atom. The van der Waals surface area contributed by atoms with Crippen LogP contribution in [0.4, 0.5) is 0 Å². The van der Waals surface area contributed by atoms with Crippen LogP contribution in [0.5, 0.6) is 17.2 Å². The molecule has 0 radical (unpaired) electrons. The van der Waals surface area contributed by atoms with E-state index in [2.05, 4.69) is 47.8 Å². The predicted octanol–water partition coefficient (Wildman–Crippen LogP) is 6.20. The number of carbonyl (C=O) groups is 3. The standard InChI is InChI=1S/C18H21Br3O6.2CH4/c1-16(2,19)13(22)25-10-7-11(26-14(23)17(3,4)20)9-12(8-10)27-15(24)18(5,6)21;;/h7-9H,1-6H3;2*1H4. The van der Waals surface area contributed by atoms with E-state index in [1.165, 1.54) is 18.2 Å². The Morgan fingerprint density at radius 1 is 0.586 bits per heavy atom. The summed E-state index contributed by atoms with van der Waals surface area (Å²) in [6, 6.07) is 4.09. The van der Waals surface area contributed by atoms with Gasteiger partial charge >= 0.3 is 17.9 Å². The molecule has 0 aliphatic heterocycles. The second kappa shape index (κ2) is 10.9. The van der Waals surface area contributed by atoms with Gasteiger partial charge in [0.2, 0.25) is 0 Å². The molecule has 1 aromatic carbocycles. The van der Waals surface area contributed by atoms with Crippen LogP contribution in [-0.4, -0.2) is 30.9 Å². The van der Waals surface area contributed by atoms with Gasteiger partial charge in [0.15, 0.2) is 0 Å². The van der Waals surface area contributed by atoms with Crippen LogP contribution in [0.3, 0.4) is 0 Å². The fourth-order valence-electron chi connectivity index (χ4n) is 1.41. The first-order valence-electron chi connectivity index (χ1n) is 7.89. The van der Waals surface area contributed by atoms with Crippen LogP contribution in [0.25, 0.3) is 0 Å². The van der Waals surface area contributed by atoms with E-state index in [-0.39, 0.29) is 32.1 Å². The number of esters is 3. The highest BCUT2D eigenvalue weighted by Crippen LogP contribution is 2.32. The first kappa shape index (κ1) is 30.3. The van der Waals surface area contributed by atoms with Crippen molar-refractivity contribution in [1.82, 2.24) is 0 Å². The molecule has 0 amide bonds. The van der Waals surface area contributed by atoms with Crippen molar-refractivity contribution in [2.75, 3.05) is 0 Å². The van der Waals surface area contributed by atoms with E-state index >= 15 is 0 Å². The Bertz CT molecular complexity index is 628. The molecule has 0 atom stereocenters. The highest BCUT2D eigenvalue weighted by Gasteiger charge is 2.30. The van der Waals surface area contributed by atoms with E-state index in [0.29, 0.717) is 0 Å². The number of hydrogen-bond donors (Lipinski definition) is 0. The molecular weight excluding hydrogens is 576 g/mol. The second-order valence-electron chi connectivity index (χ2n) is 7.23. The first-order valence-corrected chi connectivity index (χ1v) is 10.3. The van der Waals surface area contributed by atoms with Crippen molar-refractivity contribution in [3.05, 3.63) is 18.2 Å². The van der Waals surface area contributed by atoms with Crippen molar-refractivity contribution in [2.24, 2.45) is 0 Å². The van der Waals surface area contributed by atoms with Gasteiger partial charge in [-0.2, -0.15) is 0 Å². The van der Waals surface area contributed by atoms with Gasteiger partial charge in [0.25, 0.3) is 0 Å². The van der Waals surface area contributed by atoms with E-state index in [1.807, 2.05) is 0 Å². The SMILES string of the molecule is C.C.CC(C)(Br)C(=O)Oc1cc(OC(=O)C(C)(C)Br)cc(OC(=O)C(C)(C)Br)c1. The highest BCUT2D eigenvalue weighted by molar-refractivity contribution is 9.10. The van der Waals surface area contributed by atoms with Crippen molar-refractivity contribution in [2.45, 2.75) is 69.4 Å². The smallest absolute Gasteiger partial charge is 0.327 e. The number of ether oxygens (including phenoxy) is 3. The lowest BCUT2D eigenvalue weighted by atomic mass is 10.2.